The molecule has 0 radical (unpaired) electrons. The molecule has 0 aliphatic heterocycles. The molecule has 0 saturated carbocycles. The zero-order valence-electron chi connectivity index (χ0n) is 9.38. The molecule has 0 aromatic carbocycles. The third-order valence-corrected chi connectivity index (χ3v) is 2.76. The Morgan fingerprint density at radius 2 is 2.00 bits per heavy atom. The number of aromatic amines is 2. The van der Waals surface area contributed by atoms with Gasteiger partial charge in [0, 0.05) is 24.7 Å². The second kappa shape index (κ2) is 3.99. The lowest BCUT2D eigenvalue weighted by molar-refractivity contribution is 0.702. The van der Waals surface area contributed by atoms with Gasteiger partial charge in [0.15, 0.2) is 0 Å². The number of rotatable bonds is 2. The van der Waals surface area contributed by atoms with Gasteiger partial charge in [-0.05, 0) is 17.7 Å². The van der Waals surface area contributed by atoms with Crippen molar-refractivity contribution in [2.45, 2.75) is 6.54 Å². The topological polar surface area (TPSA) is 83.5 Å². The molecule has 0 aliphatic rings. The molecule has 6 nitrogen and oxygen atoms in total. The summed E-state index contributed by atoms with van der Waals surface area (Å²) in [6.07, 6.45) is 4.80. The van der Waals surface area contributed by atoms with E-state index in [4.69, 9.17) is 0 Å². The smallest absolute Gasteiger partial charge is 0.273 e. The molecule has 3 rings (SSSR count). The molecule has 0 aliphatic carbocycles. The van der Waals surface area contributed by atoms with Crippen LogP contribution in [0.1, 0.15) is 5.56 Å². The number of H-pyrrole nitrogens is 2. The molecule has 0 unspecified atom stereocenters. The highest BCUT2D eigenvalue weighted by Crippen LogP contribution is 2.07. The van der Waals surface area contributed by atoms with Gasteiger partial charge >= 0.3 is 0 Å². The Balaban J connectivity index is 2.15. The number of nitrogens with zero attached hydrogens (tertiary/aromatic N) is 2. The van der Waals surface area contributed by atoms with Crippen LogP contribution in [-0.4, -0.2) is 19.7 Å². The van der Waals surface area contributed by atoms with Crippen LogP contribution in [0, 0.1) is 0 Å². The van der Waals surface area contributed by atoms with Crippen molar-refractivity contribution in [2.24, 2.45) is 0 Å². The van der Waals surface area contributed by atoms with Gasteiger partial charge in [0.05, 0.1) is 17.4 Å². The molecular weight excluding hydrogens is 232 g/mol. The second-order valence-corrected chi connectivity index (χ2v) is 3.98. The summed E-state index contributed by atoms with van der Waals surface area (Å²) in [7, 11) is 0. The predicted molar refractivity (Wildman–Crippen MR) is 66.5 cm³/mol. The number of hydrogen-bond donors (Lipinski definition) is 2. The highest BCUT2D eigenvalue weighted by atomic mass is 16.1. The normalized spacial score (nSPS) is 10.9. The lowest BCUT2D eigenvalue weighted by Crippen LogP contribution is -2.07. The van der Waals surface area contributed by atoms with Crippen molar-refractivity contribution in [3.8, 4) is 0 Å². The number of aromatic nitrogens is 4. The monoisotopic (exact) mass is 242 g/mol. The van der Waals surface area contributed by atoms with Crippen LogP contribution in [0.2, 0.25) is 0 Å². The summed E-state index contributed by atoms with van der Waals surface area (Å²) in [5, 5.41) is 3.19. The van der Waals surface area contributed by atoms with E-state index in [1.54, 1.807) is 17.1 Å². The van der Waals surface area contributed by atoms with E-state index in [1.807, 2.05) is 12.1 Å². The maximum absolute atomic E-state index is 11.7. The lowest BCUT2D eigenvalue weighted by atomic mass is 10.2. The minimum absolute atomic E-state index is 0.213. The fourth-order valence-electron chi connectivity index (χ4n) is 1.90. The average molecular weight is 242 g/mol. The fraction of sp³-hybridized carbons (Fsp3) is 0.0833. The predicted octanol–water partition coefficient (Wildman–Crippen LogP) is 0.461. The Bertz CT molecular complexity index is 798. The van der Waals surface area contributed by atoms with Gasteiger partial charge in [-0.2, -0.15) is 0 Å². The molecule has 0 bridgehead atoms. The van der Waals surface area contributed by atoms with Gasteiger partial charge in [0.2, 0.25) is 5.56 Å². The summed E-state index contributed by atoms with van der Waals surface area (Å²) in [6.45, 7) is 0.491. The number of fused-ring (bicyclic) bond motifs is 1. The van der Waals surface area contributed by atoms with Gasteiger partial charge in [-0.25, -0.2) is 0 Å². The molecule has 6 heteroatoms. The molecule has 0 fully saturated rings. The first-order chi connectivity index (χ1) is 8.74. The lowest BCUT2D eigenvalue weighted by Gasteiger charge is -2.03. The van der Waals surface area contributed by atoms with E-state index < -0.39 is 0 Å². The van der Waals surface area contributed by atoms with Gasteiger partial charge in [-0.3, -0.25) is 24.4 Å². The molecule has 2 N–H and O–H groups in total. The zero-order valence-corrected chi connectivity index (χ0v) is 9.38. The highest BCUT2D eigenvalue weighted by Gasteiger charge is 2.07. The first kappa shape index (κ1) is 10.5. The fourth-order valence-corrected chi connectivity index (χ4v) is 1.90. The van der Waals surface area contributed by atoms with E-state index in [0.717, 1.165) is 5.56 Å². The van der Waals surface area contributed by atoms with E-state index in [9.17, 15) is 9.59 Å². The molecule has 0 saturated heterocycles. The van der Waals surface area contributed by atoms with Gasteiger partial charge in [0.1, 0.15) is 0 Å². The quantitative estimate of drug-likeness (QED) is 0.684. The summed E-state index contributed by atoms with van der Waals surface area (Å²) in [5.41, 5.74) is 1.15. The standard InChI is InChI=1S/C12H10N4O2/c17-11-5-10-9(6-14-11)12(18)15-16(10)7-8-1-3-13-4-2-8/h1-6H,7H2,(H,14,17)(H,15,18). The molecule has 3 heterocycles. The van der Waals surface area contributed by atoms with Gasteiger partial charge < -0.3 is 4.98 Å². The van der Waals surface area contributed by atoms with Crippen molar-refractivity contribution in [3.63, 3.8) is 0 Å². The van der Waals surface area contributed by atoms with Gasteiger partial charge in [-0.1, -0.05) is 0 Å². The van der Waals surface area contributed by atoms with Crippen LogP contribution < -0.4 is 11.1 Å². The maximum atomic E-state index is 11.7. The molecule has 3 aromatic rings. The van der Waals surface area contributed by atoms with Crippen molar-refractivity contribution in [3.05, 3.63) is 63.1 Å². The first-order valence-electron chi connectivity index (χ1n) is 5.44. The first-order valence-corrected chi connectivity index (χ1v) is 5.44. The largest absolute Gasteiger partial charge is 0.328 e. The minimum Gasteiger partial charge on any atom is -0.328 e. The van der Waals surface area contributed by atoms with Crippen molar-refractivity contribution >= 4 is 10.9 Å². The Labute approximate surface area is 101 Å². The third kappa shape index (κ3) is 1.73. The van der Waals surface area contributed by atoms with Crippen LogP contribution in [0.15, 0.2) is 46.4 Å². The van der Waals surface area contributed by atoms with E-state index in [1.165, 1.54) is 12.3 Å². The number of nitrogens with one attached hydrogen (secondary N) is 2. The van der Waals surface area contributed by atoms with Crippen LogP contribution in [0.3, 0.4) is 0 Å². The molecule has 90 valence electrons. The van der Waals surface area contributed by atoms with Crippen molar-refractivity contribution < 1.29 is 0 Å². The van der Waals surface area contributed by atoms with E-state index >= 15 is 0 Å². The Hall–Kier alpha value is -2.63. The zero-order chi connectivity index (χ0) is 12.5. The highest BCUT2D eigenvalue weighted by molar-refractivity contribution is 5.77. The molecule has 18 heavy (non-hydrogen) atoms. The van der Waals surface area contributed by atoms with Crippen molar-refractivity contribution in [1.29, 1.82) is 0 Å². The molecular formula is C12H10N4O2. The van der Waals surface area contributed by atoms with Gasteiger partial charge in [-0.15, -0.1) is 0 Å². The Kier molecular flexibility index (Phi) is 2.33. The molecule has 3 aromatic heterocycles. The van der Waals surface area contributed by atoms with Crippen LogP contribution in [0.25, 0.3) is 10.9 Å². The molecule has 0 atom stereocenters. The Morgan fingerprint density at radius 1 is 1.22 bits per heavy atom. The Morgan fingerprint density at radius 3 is 2.78 bits per heavy atom. The van der Waals surface area contributed by atoms with E-state index in [2.05, 4.69) is 15.1 Å². The van der Waals surface area contributed by atoms with Crippen molar-refractivity contribution in [1.82, 2.24) is 19.7 Å². The molecule has 0 amide bonds. The molecule has 0 spiro atoms. The summed E-state index contributed by atoms with van der Waals surface area (Å²) in [6, 6.07) is 5.13. The van der Waals surface area contributed by atoms with Crippen LogP contribution in [0.5, 0.6) is 0 Å². The van der Waals surface area contributed by atoms with Crippen LogP contribution in [-0.2, 0) is 6.54 Å². The average Bonchev–Trinajstić information content (AvgIpc) is 2.67. The van der Waals surface area contributed by atoms with E-state index in [0.29, 0.717) is 17.4 Å². The number of pyridine rings is 2. The number of hydrogen-bond acceptors (Lipinski definition) is 3. The summed E-state index contributed by atoms with van der Waals surface area (Å²) < 4.78 is 1.65. The third-order valence-electron chi connectivity index (χ3n) is 2.76. The summed E-state index contributed by atoms with van der Waals surface area (Å²) >= 11 is 0. The minimum atomic E-state index is -0.232. The van der Waals surface area contributed by atoms with Gasteiger partial charge in [0.25, 0.3) is 5.56 Å². The van der Waals surface area contributed by atoms with E-state index in [-0.39, 0.29) is 11.1 Å². The van der Waals surface area contributed by atoms with Crippen LogP contribution in [0.4, 0.5) is 0 Å². The summed E-state index contributed by atoms with van der Waals surface area (Å²) in [5.74, 6) is 0. The van der Waals surface area contributed by atoms with Crippen molar-refractivity contribution in [2.75, 3.05) is 0 Å². The SMILES string of the molecule is O=c1cc2c(c[nH]1)c(=O)[nH]n2Cc1ccncc1. The second-order valence-electron chi connectivity index (χ2n) is 3.98. The maximum Gasteiger partial charge on any atom is 0.273 e. The summed E-state index contributed by atoms with van der Waals surface area (Å²) in [4.78, 5) is 29.4. The van der Waals surface area contributed by atoms with Crippen LogP contribution >= 0.6 is 0 Å².